The number of hydrogen-bond acceptors (Lipinski definition) is 2. The maximum atomic E-state index is 13.2. The van der Waals surface area contributed by atoms with Gasteiger partial charge < -0.3 is 0 Å². The van der Waals surface area contributed by atoms with E-state index >= 15 is 0 Å². The van der Waals surface area contributed by atoms with Crippen LogP contribution >= 0.6 is 0 Å². The van der Waals surface area contributed by atoms with Crippen LogP contribution in [0, 0.1) is 11.8 Å². The van der Waals surface area contributed by atoms with Crippen LogP contribution in [0.4, 0.5) is 0 Å². The first-order valence-electron chi connectivity index (χ1n) is 8.14. The van der Waals surface area contributed by atoms with Crippen molar-refractivity contribution in [3.8, 4) is 11.8 Å². The highest BCUT2D eigenvalue weighted by Gasteiger charge is 2.22. The number of para-hydroxylation sites is 1. The maximum absolute atomic E-state index is 13.2. The molecule has 26 heavy (non-hydrogen) atoms. The van der Waals surface area contributed by atoms with E-state index in [1.807, 2.05) is 54.6 Å². The van der Waals surface area contributed by atoms with Gasteiger partial charge in [-0.25, -0.2) is 12.4 Å². The summed E-state index contributed by atoms with van der Waals surface area (Å²) in [6, 6.07) is 27.1. The zero-order chi connectivity index (χ0) is 18.0. The van der Waals surface area contributed by atoms with Gasteiger partial charge in [0, 0.05) is 10.9 Å². The van der Waals surface area contributed by atoms with Crippen LogP contribution in [0.1, 0.15) is 11.3 Å². The highest BCUT2D eigenvalue weighted by Crippen LogP contribution is 2.25. The molecule has 0 saturated heterocycles. The third-order valence-corrected chi connectivity index (χ3v) is 5.80. The lowest BCUT2D eigenvalue weighted by Crippen LogP contribution is -2.14. The molecule has 1 aromatic heterocycles. The lowest BCUT2D eigenvalue weighted by Gasteiger charge is -2.09. The predicted molar refractivity (Wildman–Crippen MR) is 103 cm³/mol. The molecule has 4 aromatic rings. The molecule has 0 spiro atoms. The summed E-state index contributed by atoms with van der Waals surface area (Å²) in [4.78, 5) is 0.240. The maximum Gasteiger partial charge on any atom is 0.269 e. The van der Waals surface area contributed by atoms with E-state index in [0.717, 1.165) is 10.9 Å². The first kappa shape index (κ1) is 16.2. The average Bonchev–Trinajstić information content (AvgIpc) is 3.07. The van der Waals surface area contributed by atoms with Gasteiger partial charge in [-0.05, 0) is 42.3 Å². The number of aromatic nitrogens is 1. The van der Waals surface area contributed by atoms with E-state index < -0.39 is 10.0 Å². The third kappa shape index (κ3) is 2.90. The van der Waals surface area contributed by atoms with Crippen LogP contribution < -0.4 is 0 Å². The van der Waals surface area contributed by atoms with Crippen molar-refractivity contribution in [3.63, 3.8) is 0 Å². The summed E-state index contributed by atoms with van der Waals surface area (Å²) in [6.45, 7) is 0. The van der Waals surface area contributed by atoms with Gasteiger partial charge in [0.25, 0.3) is 10.0 Å². The molecular weight excluding hydrogens is 342 g/mol. The standard InChI is InChI=1S/C22H15NO2S/c24-26(25,21-12-5-2-6-13-21)23-20(16-15-18-9-3-1-4-10-18)17-19-11-7-8-14-22(19)23/h1-14,17H. The zero-order valence-electron chi connectivity index (χ0n) is 13.8. The molecule has 0 aliphatic carbocycles. The van der Waals surface area contributed by atoms with E-state index in [9.17, 15) is 8.42 Å². The topological polar surface area (TPSA) is 39.1 Å². The van der Waals surface area contributed by atoms with Gasteiger partial charge in [-0.1, -0.05) is 60.5 Å². The van der Waals surface area contributed by atoms with E-state index in [1.54, 1.807) is 36.4 Å². The third-order valence-electron chi connectivity index (χ3n) is 4.06. The molecule has 0 bridgehead atoms. The normalized spacial score (nSPS) is 11.1. The molecule has 3 aromatic carbocycles. The van der Waals surface area contributed by atoms with Crippen molar-refractivity contribution in [1.29, 1.82) is 0 Å². The van der Waals surface area contributed by atoms with Gasteiger partial charge in [0.2, 0.25) is 0 Å². The van der Waals surface area contributed by atoms with Crippen LogP contribution in [-0.2, 0) is 10.0 Å². The van der Waals surface area contributed by atoms with E-state index in [1.165, 1.54) is 3.97 Å². The zero-order valence-corrected chi connectivity index (χ0v) is 14.6. The molecule has 0 unspecified atom stereocenters. The lowest BCUT2D eigenvalue weighted by atomic mass is 10.2. The highest BCUT2D eigenvalue weighted by molar-refractivity contribution is 7.90. The van der Waals surface area contributed by atoms with Crippen LogP contribution in [0.2, 0.25) is 0 Å². The Morgan fingerprint density at radius 2 is 1.31 bits per heavy atom. The van der Waals surface area contributed by atoms with Gasteiger partial charge in [0.1, 0.15) is 5.69 Å². The van der Waals surface area contributed by atoms with Crippen LogP contribution in [0.25, 0.3) is 10.9 Å². The number of hydrogen-bond donors (Lipinski definition) is 0. The summed E-state index contributed by atoms with van der Waals surface area (Å²) in [7, 11) is -3.74. The van der Waals surface area contributed by atoms with Crippen LogP contribution in [-0.4, -0.2) is 12.4 Å². The van der Waals surface area contributed by atoms with Gasteiger partial charge in [-0.3, -0.25) is 0 Å². The molecule has 126 valence electrons. The Morgan fingerprint density at radius 3 is 2.04 bits per heavy atom. The molecule has 0 amide bonds. The Labute approximate surface area is 152 Å². The SMILES string of the molecule is O=S(=O)(c1ccccc1)n1c(C#Cc2ccccc2)cc2ccccc21. The van der Waals surface area contributed by atoms with Crippen molar-refractivity contribution < 1.29 is 8.42 Å². The Hall–Kier alpha value is -3.29. The average molecular weight is 357 g/mol. The smallest absolute Gasteiger partial charge is 0.226 e. The number of benzene rings is 3. The van der Waals surface area contributed by atoms with Crippen LogP contribution in [0.15, 0.2) is 95.9 Å². The molecular formula is C22H15NO2S. The minimum atomic E-state index is -3.74. The van der Waals surface area contributed by atoms with E-state index in [4.69, 9.17) is 0 Å². The summed E-state index contributed by atoms with van der Waals surface area (Å²) in [6.07, 6.45) is 0. The minimum Gasteiger partial charge on any atom is -0.226 e. The molecule has 0 aliphatic rings. The van der Waals surface area contributed by atoms with Crippen molar-refractivity contribution >= 4 is 20.9 Å². The van der Waals surface area contributed by atoms with E-state index in [2.05, 4.69) is 11.8 Å². The molecule has 0 radical (unpaired) electrons. The Bertz CT molecular complexity index is 1230. The summed E-state index contributed by atoms with van der Waals surface area (Å²) < 4.78 is 27.8. The molecule has 0 fully saturated rings. The van der Waals surface area contributed by atoms with Gasteiger partial charge in [-0.2, -0.15) is 0 Å². The number of nitrogens with zero attached hydrogens (tertiary/aromatic N) is 1. The van der Waals surface area contributed by atoms with Crippen molar-refractivity contribution in [2.24, 2.45) is 0 Å². The fourth-order valence-corrected chi connectivity index (χ4v) is 4.33. The van der Waals surface area contributed by atoms with E-state index in [-0.39, 0.29) is 4.90 Å². The second kappa shape index (κ2) is 6.55. The molecule has 4 rings (SSSR count). The Kier molecular flexibility index (Phi) is 4.08. The first-order chi connectivity index (χ1) is 12.7. The summed E-state index contributed by atoms with van der Waals surface area (Å²) >= 11 is 0. The fraction of sp³-hybridized carbons (Fsp3) is 0. The summed E-state index contributed by atoms with van der Waals surface area (Å²) in [5, 5.41) is 0.837. The molecule has 3 nitrogen and oxygen atoms in total. The minimum absolute atomic E-state index is 0.240. The van der Waals surface area contributed by atoms with Gasteiger partial charge in [0.15, 0.2) is 0 Å². The molecule has 0 N–H and O–H groups in total. The number of fused-ring (bicyclic) bond motifs is 1. The largest absolute Gasteiger partial charge is 0.269 e. The van der Waals surface area contributed by atoms with Crippen molar-refractivity contribution in [2.45, 2.75) is 4.90 Å². The second-order valence-corrected chi connectivity index (χ2v) is 7.57. The fourth-order valence-electron chi connectivity index (χ4n) is 2.83. The van der Waals surface area contributed by atoms with Crippen LogP contribution in [0.5, 0.6) is 0 Å². The van der Waals surface area contributed by atoms with Gasteiger partial charge >= 0.3 is 0 Å². The predicted octanol–water partition coefficient (Wildman–Crippen LogP) is 4.28. The molecule has 0 atom stereocenters. The van der Waals surface area contributed by atoms with E-state index in [0.29, 0.717) is 11.2 Å². The van der Waals surface area contributed by atoms with Crippen LogP contribution in [0.3, 0.4) is 0 Å². The van der Waals surface area contributed by atoms with Gasteiger partial charge in [0.05, 0.1) is 10.4 Å². The van der Waals surface area contributed by atoms with Crippen molar-refractivity contribution in [1.82, 2.24) is 3.97 Å². The van der Waals surface area contributed by atoms with Crippen molar-refractivity contribution in [2.75, 3.05) is 0 Å². The Morgan fingerprint density at radius 1 is 0.692 bits per heavy atom. The molecule has 0 aliphatic heterocycles. The van der Waals surface area contributed by atoms with Crippen molar-refractivity contribution in [3.05, 3.63) is 102 Å². The summed E-state index contributed by atoms with van der Waals surface area (Å²) in [5.41, 5.74) is 1.90. The second-order valence-electron chi connectivity index (χ2n) is 5.79. The first-order valence-corrected chi connectivity index (χ1v) is 9.58. The van der Waals surface area contributed by atoms with Gasteiger partial charge in [-0.15, -0.1) is 0 Å². The molecule has 1 heterocycles. The monoisotopic (exact) mass is 357 g/mol. The lowest BCUT2D eigenvalue weighted by molar-refractivity contribution is 0.588. The molecule has 4 heteroatoms. The Balaban J connectivity index is 1.95. The number of rotatable bonds is 2. The quantitative estimate of drug-likeness (QED) is 0.502. The molecule has 0 saturated carbocycles. The summed E-state index contributed by atoms with van der Waals surface area (Å²) in [5.74, 6) is 6.08. The highest BCUT2D eigenvalue weighted by atomic mass is 32.2.